The van der Waals surface area contributed by atoms with Crippen LogP contribution in [0, 0.1) is 0 Å². The van der Waals surface area contributed by atoms with Gasteiger partial charge in [0.25, 0.3) is 0 Å². The summed E-state index contributed by atoms with van der Waals surface area (Å²) in [7, 11) is 0. The van der Waals surface area contributed by atoms with Gasteiger partial charge in [0, 0.05) is 12.3 Å². The van der Waals surface area contributed by atoms with Gasteiger partial charge in [-0.25, -0.2) is 14.8 Å². The zero-order valence-corrected chi connectivity index (χ0v) is 7.40. The van der Waals surface area contributed by atoms with Crippen LogP contribution in [0.1, 0.15) is 10.5 Å². The molecule has 0 atom stereocenters. The Kier molecular flexibility index (Phi) is 2.01. The van der Waals surface area contributed by atoms with Crippen LogP contribution in [-0.2, 0) is 0 Å². The van der Waals surface area contributed by atoms with Crippen molar-refractivity contribution in [1.29, 1.82) is 0 Å². The van der Waals surface area contributed by atoms with Gasteiger partial charge in [-0.1, -0.05) is 5.21 Å². The number of aromatic carboxylic acids is 1. The van der Waals surface area contributed by atoms with E-state index in [0.717, 1.165) is 4.68 Å². The number of aromatic nitrogens is 5. The topological polar surface area (TPSA) is 120 Å². The van der Waals surface area contributed by atoms with Crippen LogP contribution in [0.3, 0.4) is 0 Å². The van der Waals surface area contributed by atoms with Gasteiger partial charge in [-0.15, -0.1) is 5.10 Å². The van der Waals surface area contributed by atoms with Gasteiger partial charge in [-0.3, -0.25) is 0 Å². The van der Waals surface area contributed by atoms with E-state index in [2.05, 4.69) is 20.3 Å². The monoisotopic (exact) mass is 206 g/mol. The fourth-order valence-corrected chi connectivity index (χ4v) is 1.06. The summed E-state index contributed by atoms with van der Waals surface area (Å²) >= 11 is 0. The lowest BCUT2D eigenvalue weighted by Crippen LogP contribution is -2.11. The Morgan fingerprint density at radius 3 is 2.93 bits per heavy atom. The minimum Gasteiger partial charge on any atom is -0.476 e. The van der Waals surface area contributed by atoms with Crippen LogP contribution in [-0.4, -0.2) is 36.0 Å². The summed E-state index contributed by atoms with van der Waals surface area (Å²) in [5, 5.41) is 15.9. The van der Waals surface area contributed by atoms with Crippen molar-refractivity contribution < 1.29 is 9.90 Å². The second kappa shape index (κ2) is 3.33. The zero-order chi connectivity index (χ0) is 10.8. The SMILES string of the molecule is Nc1nnn(-c2ccncn2)c1C(=O)O. The van der Waals surface area contributed by atoms with Crippen molar-refractivity contribution >= 4 is 11.8 Å². The van der Waals surface area contributed by atoms with Gasteiger partial charge in [0.15, 0.2) is 17.3 Å². The largest absolute Gasteiger partial charge is 0.476 e. The number of carboxylic acid groups (broad SMARTS) is 1. The average molecular weight is 206 g/mol. The van der Waals surface area contributed by atoms with Gasteiger partial charge in [0.05, 0.1) is 0 Å². The van der Waals surface area contributed by atoms with E-state index in [9.17, 15) is 4.79 Å². The van der Waals surface area contributed by atoms with Crippen molar-refractivity contribution in [3.63, 3.8) is 0 Å². The van der Waals surface area contributed by atoms with E-state index in [0.29, 0.717) is 5.82 Å². The number of carboxylic acids is 1. The van der Waals surface area contributed by atoms with Gasteiger partial charge in [-0.2, -0.15) is 4.68 Å². The molecule has 0 saturated heterocycles. The van der Waals surface area contributed by atoms with Gasteiger partial charge >= 0.3 is 5.97 Å². The van der Waals surface area contributed by atoms with E-state index in [-0.39, 0.29) is 11.5 Å². The number of anilines is 1. The molecule has 8 nitrogen and oxygen atoms in total. The highest BCUT2D eigenvalue weighted by Gasteiger charge is 2.18. The first-order valence-corrected chi connectivity index (χ1v) is 3.91. The van der Waals surface area contributed by atoms with Crippen molar-refractivity contribution in [3.8, 4) is 5.82 Å². The summed E-state index contributed by atoms with van der Waals surface area (Å²) in [6.07, 6.45) is 2.74. The highest BCUT2D eigenvalue weighted by atomic mass is 16.4. The van der Waals surface area contributed by atoms with Gasteiger partial charge in [0.2, 0.25) is 0 Å². The first-order valence-electron chi connectivity index (χ1n) is 3.91. The molecular weight excluding hydrogens is 200 g/mol. The molecule has 0 aliphatic carbocycles. The predicted octanol–water partition coefficient (Wildman–Crippen LogP) is -0.662. The molecule has 0 amide bonds. The molecule has 3 N–H and O–H groups in total. The standard InChI is InChI=1S/C7H6N6O2/c8-6-5(7(14)15)13(12-11-6)4-1-2-9-3-10-4/h1-3H,8H2,(H,14,15). The summed E-state index contributed by atoms with van der Waals surface area (Å²) in [6, 6.07) is 1.50. The van der Waals surface area contributed by atoms with Crippen LogP contribution in [0.2, 0.25) is 0 Å². The van der Waals surface area contributed by atoms with E-state index in [4.69, 9.17) is 10.8 Å². The first kappa shape index (κ1) is 9.06. The van der Waals surface area contributed by atoms with E-state index < -0.39 is 5.97 Å². The number of hydrogen-bond acceptors (Lipinski definition) is 6. The number of nitrogens with zero attached hydrogens (tertiary/aromatic N) is 5. The lowest BCUT2D eigenvalue weighted by Gasteiger charge is -2.00. The van der Waals surface area contributed by atoms with Crippen LogP contribution < -0.4 is 5.73 Å². The van der Waals surface area contributed by atoms with E-state index in [1.165, 1.54) is 18.6 Å². The number of nitrogens with two attached hydrogens (primary N) is 1. The van der Waals surface area contributed by atoms with Crippen LogP contribution in [0.25, 0.3) is 5.82 Å². The molecule has 0 radical (unpaired) electrons. The second-order valence-corrected chi connectivity index (χ2v) is 2.61. The normalized spacial score (nSPS) is 10.1. The van der Waals surface area contributed by atoms with Crippen LogP contribution in [0.15, 0.2) is 18.6 Å². The quantitative estimate of drug-likeness (QED) is 0.668. The molecule has 0 saturated carbocycles. The molecule has 0 spiro atoms. The lowest BCUT2D eigenvalue weighted by atomic mass is 10.4. The Bertz CT molecular complexity index is 493. The summed E-state index contributed by atoms with van der Waals surface area (Å²) in [4.78, 5) is 18.4. The molecule has 2 aromatic heterocycles. The van der Waals surface area contributed by atoms with E-state index in [1.54, 1.807) is 0 Å². The Balaban J connectivity index is 2.59. The van der Waals surface area contributed by atoms with Crippen molar-refractivity contribution in [1.82, 2.24) is 25.0 Å². The van der Waals surface area contributed by atoms with Crippen molar-refractivity contribution in [2.45, 2.75) is 0 Å². The maximum atomic E-state index is 10.9. The fraction of sp³-hybridized carbons (Fsp3) is 0. The lowest BCUT2D eigenvalue weighted by molar-refractivity contribution is 0.0688. The predicted molar refractivity (Wildman–Crippen MR) is 48.3 cm³/mol. The maximum Gasteiger partial charge on any atom is 0.358 e. The summed E-state index contributed by atoms with van der Waals surface area (Å²) in [5.74, 6) is -1.07. The number of nitrogen functional groups attached to an aromatic ring is 1. The second-order valence-electron chi connectivity index (χ2n) is 2.61. The van der Waals surface area contributed by atoms with E-state index >= 15 is 0 Å². The smallest absolute Gasteiger partial charge is 0.358 e. The van der Waals surface area contributed by atoms with Crippen LogP contribution in [0.5, 0.6) is 0 Å². The molecule has 15 heavy (non-hydrogen) atoms. The minimum absolute atomic E-state index is 0.152. The zero-order valence-electron chi connectivity index (χ0n) is 7.40. The number of carbonyl (C=O) groups is 1. The average Bonchev–Trinajstić information content (AvgIpc) is 2.61. The molecule has 8 heteroatoms. The van der Waals surface area contributed by atoms with Crippen LogP contribution in [0.4, 0.5) is 5.82 Å². The van der Waals surface area contributed by atoms with Crippen molar-refractivity contribution in [2.24, 2.45) is 0 Å². The molecule has 76 valence electrons. The summed E-state index contributed by atoms with van der Waals surface area (Å²) in [6.45, 7) is 0. The Hall–Kier alpha value is -2.51. The first-order chi connectivity index (χ1) is 7.20. The van der Waals surface area contributed by atoms with E-state index in [1.807, 2.05) is 0 Å². The molecule has 0 aromatic carbocycles. The summed E-state index contributed by atoms with van der Waals surface area (Å²) < 4.78 is 1.04. The molecule has 0 unspecified atom stereocenters. The third-order valence-electron chi connectivity index (χ3n) is 1.68. The number of rotatable bonds is 2. The molecule has 0 fully saturated rings. The van der Waals surface area contributed by atoms with Crippen LogP contribution >= 0.6 is 0 Å². The minimum atomic E-state index is -1.21. The molecule has 0 aliphatic heterocycles. The fourth-order valence-electron chi connectivity index (χ4n) is 1.06. The molecule has 2 heterocycles. The van der Waals surface area contributed by atoms with Crippen molar-refractivity contribution in [2.75, 3.05) is 5.73 Å². The molecule has 2 aromatic rings. The molecular formula is C7H6N6O2. The van der Waals surface area contributed by atoms with Gasteiger partial charge in [-0.05, 0) is 0 Å². The third kappa shape index (κ3) is 1.47. The van der Waals surface area contributed by atoms with Crippen molar-refractivity contribution in [3.05, 3.63) is 24.3 Å². The number of hydrogen-bond donors (Lipinski definition) is 2. The highest BCUT2D eigenvalue weighted by Crippen LogP contribution is 2.11. The molecule has 2 rings (SSSR count). The Morgan fingerprint density at radius 1 is 1.53 bits per heavy atom. The third-order valence-corrected chi connectivity index (χ3v) is 1.68. The van der Waals surface area contributed by atoms with Gasteiger partial charge in [0.1, 0.15) is 6.33 Å². The van der Waals surface area contributed by atoms with Gasteiger partial charge < -0.3 is 10.8 Å². The Morgan fingerprint density at radius 2 is 2.33 bits per heavy atom. The molecule has 0 aliphatic rings. The highest BCUT2D eigenvalue weighted by molar-refractivity contribution is 5.90. The molecule has 0 bridgehead atoms. The maximum absolute atomic E-state index is 10.9. The summed E-state index contributed by atoms with van der Waals surface area (Å²) in [5.41, 5.74) is 5.15. The Labute approximate surface area is 83.4 Å².